The van der Waals surface area contributed by atoms with Crippen LogP contribution in [0.25, 0.3) is 0 Å². The Bertz CT molecular complexity index is 240. The lowest BCUT2D eigenvalue weighted by Crippen LogP contribution is -2.46. The van der Waals surface area contributed by atoms with Gasteiger partial charge in [-0.2, -0.15) is 0 Å². The summed E-state index contributed by atoms with van der Waals surface area (Å²) in [4.78, 5) is 24.2. The molecule has 0 saturated carbocycles. The molecule has 0 radical (unpaired) electrons. The molecular formula is C11H20N2O2S. The van der Waals surface area contributed by atoms with Crippen LogP contribution in [0.2, 0.25) is 0 Å². The molecule has 1 aliphatic rings. The van der Waals surface area contributed by atoms with E-state index in [4.69, 9.17) is 0 Å². The van der Waals surface area contributed by atoms with Crippen molar-refractivity contribution in [2.24, 2.45) is 0 Å². The van der Waals surface area contributed by atoms with Crippen LogP contribution >= 0.6 is 12.6 Å². The molecule has 0 aliphatic carbocycles. The van der Waals surface area contributed by atoms with Crippen LogP contribution in [0, 0.1) is 0 Å². The van der Waals surface area contributed by atoms with Gasteiger partial charge in [0.2, 0.25) is 5.91 Å². The maximum absolute atomic E-state index is 11.7. The molecular weight excluding hydrogens is 224 g/mol. The highest BCUT2D eigenvalue weighted by Crippen LogP contribution is 2.07. The Kier molecular flexibility index (Phi) is 6.49. The molecule has 0 aromatic heterocycles. The maximum Gasteiger partial charge on any atom is 0.222 e. The van der Waals surface area contributed by atoms with Gasteiger partial charge in [-0.05, 0) is 12.8 Å². The molecule has 1 amide bonds. The van der Waals surface area contributed by atoms with Crippen LogP contribution < -0.4 is 5.32 Å². The van der Waals surface area contributed by atoms with Crippen molar-refractivity contribution in [3.8, 4) is 0 Å². The number of carbonyl (C=O) groups is 2. The first-order valence-corrected chi connectivity index (χ1v) is 6.35. The maximum atomic E-state index is 11.7. The van der Waals surface area contributed by atoms with Crippen molar-refractivity contribution in [3.05, 3.63) is 0 Å². The number of hydrogen-bond acceptors (Lipinski definition) is 3. The second-order valence-corrected chi connectivity index (χ2v) is 4.58. The van der Waals surface area contributed by atoms with E-state index >= 15 is 0 Å². The standard InChI is InChI=1S/C11H20N2O2S/c14-10(13-8-6-12-7-9-13)4-2-1-3-5-11(15)16/h12H,1-9H2,(H,15,16). The number of piperazine rings is 1. The van der Waals surface area contributed by atoms with Crippen LogP contribution in [-0.2, 0) is 9.59 Å². The topological polar surface area (TPSA) is 49.4 Å². The number of unbranched alkanes of at least 4 members (excludes halogenated alkanes) is 2. The average Bonchev–Trinajstić information content (AvgIpc) is 2.29. The van der Waals surface area contributed by atoms with Crippen LogP contribution in [0.1, 0.15) is 32.1 Å². The van der Waals surface area contributed by atoms with Crippen molar-refractivity contribution < 1.29 is 9.59 Å². The first kappa shape index (κ1) is 13.5. The molecule has 0 unspecified atom stereocenters. The van der Waals surface area contributed by atoms with Crippen molar-refractivity contribution in [1.29, 1.82) is 0 Å². The number of nitrogens with one attached hydrogen (secondary N) is 1. The third-order valence-corrected chi connectivity index (χ3v) is 2.97. The summed E-state index contributed by atoms with van der Waals surface area (Å²) in [7, 11) is 0. The Morgan fingerprint density at radius 1 is 1.06 bits per heavy atom. The van der Waals surface area contributed by atoms with Gasteiger partial charge in [0.25, 0.3) is 0 Å². The largest absolute Gasteiger partial charge is 0.340 e. The second kappa shape index (κ2) is 7.68. The van der Waals surface area contributed by atoms with Gasteiger partial charge in [0.1, 0.15) is 0 Å². The zero-order valence-corrected chi connectivity index (χ0v) is 10.5. The zero-order chi connectivity index (χ0) is 11.8. The molecule has 0 aromatic rings. The number of rotatable bonds is 6. The summed E-state index contributed by atoms with van der Waals surface area (Å²) in [5.74, 6) is 0.249. The Hall–Kier alpha value is -0.550. The Balaban J connectivity index is 2.03. The van der Waals surface area contributed by atoms with Crippen molar-refractivity contribution >= 4 is 23.7 Å². The summed E-state index contributed by atoms with van der Waals surface area (Å²) in [6.07, 6.45) is 3.79. The number of nitrogens with zero attached hydrogens (tertiary/aromatic N) is 1. The summed E-state index contributed by atoms with van der Waals surface area (Å²) < 4.78 is 0. The van der Waals surface area contributed by atoms with Crippen LogP contribution in [0.3, 0.4) is 0 Å². The average molecular weight is 244 g/mol. The second-order valence-electron chi connectivity index (χ2n) is 4.09. The van der Waals surface area contributed by atoms with E-state index in [1.807, 2.05) is 4.90 Å². The zero-order valence-electron chi connectivity index (χ0n) is 9.57. The number of amides is 1. The van der Waals surface area contributed by atoms with Crippen LogP contribution in [0.15, 0.2) is 0 Å². The third kappa shape index (κ3) is 5.51. The summed E-state index contributed by atoms with van der Waals surface area (Å²) in [6.45, 7) is 3.46. The van der Waals surface area contributed by atoms with Crippen molar-refractivity contribution in [1.82, 2.24) is 10.2 Å². The van der Waals surface area contributed by atoms with E-state index < -0.39 is 0 Å². The van der Waals surface area contributed by atoms with Crippen LogP contribution in [-0.4, -0.2) is 42.1 Å². The van der Waals surface area contributed by atoms with E-state index in [9.17, 15) is 9.59 Å². The van der Waals surface area contributed by atoms with Gasteiger partial charge in [0, 0.05) is 39.0 Å². The minimum Gasteiger partial charge on any atom is -0.340 e. The quantitative estimate of drug-likeness (QED) is 0.537. The first-order chi connectivity index (χ1) is 7.70. The smallest absolute Gasteiger partial charge is 0.222 e. The molecule has 1 fully saturated rings. The van der Waals surface area contributed by atoms with Gasteiger partial charge in [0.15, 0.2) is 5.12 Å². The van der Waals surface area contributed by atoms with Gasteiger partial charge in [-0.3, -0.25) is 9.59 Å². The Labute approximate surface area is 102 Å². The van der Waals surface area contributed by atoms with Gasteiger partial charge in [-0.25, -0.2) is 0 Å². The highest BCUT2D eigenvalue weighted by atomic mass is 32.1. The molecule has 0 atom stereocenters. The lowest BCUT2D eigenvalue weighted by atomic mass is 10.1. The molecule has 0 bridgehead atoms. The van der Waals surface area contributed by atoms with Crippen LogP contribution in [0.4, 0.5) is 0 Å². The normalized spacial score (nSPS) is 16.2. The summed E-state index contributed by atoms with van der Waals surface area (Å²) in [6, 6.07) is 0. The fourth-order valence-electron chi connectivity index (χ4n) is 1.80. The van der Waals surface area contributed by atoms with E-state index in [0.29, 0.717) is 12.8 Å². The molecule has 4 nitrogen and oxygen atoms in total. The number of carbonyl (C=O) groups excluding carboxylic acids is 2. The molecule has 1 saturated heterocycles. The minimum atomic E-state index is -0.0616. The molecule has 5 heteroatoms. The predicted octanol–water partition coefficient (Wildman–Crippen LogP) is 0.825. The molecule has 1 rings (SSSR count). The fourth-order valence-corrected chi connectivity index (χ4v) is 1.96. The molecule has 0 aromatic carbocycles. The monoisotopic (exact) mass is 244 g/mol. The SMILES string of the molecule is O=C(S)CCCCCC(=O)N1CCNCC1. The molecule has 16 heavy (non-hydrogen) atoms. The van der Waals surface area contributed by atoms with Gasteiger partial charge in [-0.1, -0.05) is 6.42 Å². The molecule has 92 valence electrons. The molecule has 1 aliphatic heterocycles. The number of hydrogen-bond donors (Lipinski definition) is 2. The highest BCUT2D eigenvalue weighted by molar-refractivity contribution is 7.96. The molecule has 0 spiro atoms. The van der Waals surface area contributed by atoms with Crippen molar-refractivity contribution in [2.45, 2.75) is 32.1 Å². The van der Waals surface area contributed by atoms with Crippen molar-refractivity contribution in [3.63, 3.8) is 0 Å². The highest BCUT2D eigenvalue weighted by Gasteiger charge is 2.14. The summed E-state index contributed by atoms with van der Waals surface area (Å²) in [5, 5.41) is 3.16. The Morgan fingerprint density at radius 2 is 1.69 bits per heavy atom. The lowest BCUT2D eigenvalue weighted by molar-refractivity contribution is -0.131. The molecule has 1 N–H and O–H groups in total. The van der Waals surface area contributed by atoms with Gasteiger partial charge < -0.3 is 10.2 Å². The minimum absolute atomic E-state index is 0.0616. The van der Waals surface area contributed by atoms with E-state index in [1.54, 1.807) is 0 Å². The summed E-state index contributed by atoms with van der Waals surface area (Å²) >= 11 is 3.70. The van der Waals surface area contributed by atoms with E-state index in [-0.39, 0.29) is 11.0 Å². The van der Waals surface area contributed by atoms with Gasteiger partial charge >= 0.3 is 0 Å². The van der Waals surface area contributed by atoms with E-state index in [0.717, 1.165) is 45.4 Å². The Morgan fingerprint density at radius 3 is 2.31 bits per heavy atom. The van der Waals surface area contributed by atoms with Gasteiger partial charge in [0.05, 0.1) is 0 Å². The fraction of sp³-hybridized carbons (Fsp3) is 0.818. The summed E-state index contributed by atoms with van der Waals surface area (Å²) in [5.41, 5.74) is 0. The van der Waals surface area contributed by atoms with E-state index in [2.05, 4.69) is 17.9 Å². The lowest BCUT2D eigenvalue weighted by Gasteiger charge is -2.27. The van der Waals surface area contributed by atoms with Crippen LogP contribution in [0.5, 0.6) is 0 Å². The van der Waals surface area contributed by atoms with Crippen molar-refractivity contribution in [2.75, 3.05) is 26.2 Å². The van der Waals surface area contributed by atoms with E-state index in [1.165, 1.54) is 0 Å². The third-order valence-electron chi connectivity index (χ3n) is 2.75. The number of thiol groups is 1. The molecule has 1 heterocycles. The predicted molar refractivity (Wildman–Crippen MR) is 66.5 cm³/mol. The first-order valence-electron chi connectivity index (χ1n) is 5.90. The van der Waals surface area contributed by atoms with Gasteiger partial charge in [-0.15, -0.1) is 12.6 Å².